The fourth-order valence-electron chi connectivity index (χ4n) is 3.15. The second-order valence-electron chi connectivity index (χ2n) is 6.65. The molecule has 0 saturated heterocycles. The lowest BCUT2D eigenvalue weighted by molar-refractivity contribution is 0.868. The highest BCUT2D eigenvalue weighted by molar-refractivity contribution is 9.10. The normalized spacial score (nSPS) is 12.0. The number of nitrogens with zero attached hydrogens (tertiary/aromatic N) is 4. The predicted molar refractivity (Wildman–Crippen MR) is 110 cm³/mol. The molecule has 2 aromatic carbocycles. The van der Waals surface area contributed by atoms with Crippen LogP contribution >= 0.6 is 27.3 Å². The van der Waals surface area contributed by atoms with E-state index < -0.39 is 0 Å². The van der Waals surface area contributed by atoms with Gasteiger partial charge < -0.3 is 0 Å². The van der Waals surface area contributed by atoms with Crippen LogP contribution < -0.4 is 0 Å². The summed E-state index contributed by atoms with van der Waals surface area (Å²) in [5.74, 6) is 1.18. The zero-order valence-electron chi connectivity index (χ0n) is 14.3. The maximum absolute atomic E-state index is 4.92. The summed E-state index contributed by atoms with van der Waals surface area (Å²) in [6.07, 6.45) is 0. The molecule has 128 valence electrons. The molecule has 0 fully saturated rings. The molecule has 0 bridgehead atoms. The van der Waals surface area contributed by atoms with E-state index in [1.807, 2.05) is 16.6 Å². The van der Waals surface area contributed by atoms with Crippen molar-refractivity contribution >= 4 is 43.1 Å². The minimum absolute atomic E-state index is 0.466. The lowest BCUT2D eigenvalue weighted by Crippen LogP contribution is -2.00. The Morgan fingerprint density at radius 1 is 1.04 bits per heavy atom. The Morgan fingerprint density at radius 2 is 1.85 bits per heavy atom. The van der Waals surface area contributed by atoms with Crippen LogP contribution in [-0.4, -0.2) is 19.6 Å². The summed E-state index contributed by atoms with van der Waals surface area (Å²) >= 11 is 5.07. The minimum atomic E-state index is 0.466. The molecule has 2 aliphatic heterocycles. The van der Waals surface area contributed by atoms with Gasteiger partial charge in [0.2, 0.25) is 4.96 Å². The average Bonchev–Trinajstić information content (AvgIpc) is 3.20. The van der Waals surface area contributed by atoms with E-state index in [-0.39, 0.29) is 0 Å². The van der Waals surface area contributed by atoms with Crippen LogP contribution in [0.3, 0.4) is 0 Å². The third-order valence-electron chi connectivity index (χ3n) is 4.61. The lowest BCUT2D eigenvalue weighted by Gasteiger charge is -2.06. The first kappa shape index (κ1) is 15.9. The van der Waals surface area contributed by atoms with Gasteiger partial charge in [-0.1, -0.05) is 48.0 Å². The molecule has 6 heteroatoms. The summed E-state index contributed by atoms with van der Waals surface area (Å²) in [6, 6.07) is 14.7. The number of aromatic nitrogens is 4. The number of hydrogen-bond donors (Lipinski definition) is 0. The SMILES string of the molecule is CC(C)c1ccc2nc3nc4scc(-c5ccc(Br)cc5)n4nc-3c2c1. The predicted octanol–water partition coefficient (Wildman–Crippen LogP) is 6.00. The topological polar surface area (TPSA) is 43.1 Å². The second kappa shape index (κ2) is 5.86. The number of fused-ring (bicyclic) bond motifs is 4. The Labute approximate surface area is 163 Å². The van der Waals surface area contributed by atoms with Crippen molar-refractivity contribution < 1.29 is 0 Å². The number of rotatable bonds is 2. The Kier molecular flexibility index (Phi) is 3.58. The highest BCUT2D eigenvalue weighted by Crippen LogP contribution is 2.33. The Bertz CT molecular complexity index is 1220. The fraction of sp³-hybridized carbons (Fsp3) is 0.150. The molecule has 0 N–H and O–H groups in total. The van der Waals surface area contributed by atoms with Crippen molar-refractivity contribution in [1.29, 1.82) is 0 Å². The van der Waals surface area contributed by atoms with E-state index in [1.54, 1.807) is 11.3 Å². The Balaban J connectivity index is 1.78. The molecule has 3 aromatic rings. The monoisotopic (exact) mass is 422 g/mol. The van der Waals surface area contributed by atoms with Crippen LogP contribution in [0.5, 0.6) is 0 Å². The van der Waals surface area contributed by atoms with Crippen LogP contribution in [0.4, 0.5) is 0 Å². The third kappa shape index (κ3) is 2.44. The highest BCUT2D eigenvalue weighted by Gasteiger charge is 2.19. The van der Waals surface area contributed by atoms with Crippen molar-refractivity contribution in [3.8, 4) is 22.8 Å². The van der Waals surface area contributed by atoms with Crippen molar-refractivity contribution in [3.05, 3.63) is 57.9 Å². The zero-order valence-corrected chi connectivity index (χ0v) is 16.7. The molecule has 0 atom stereocenters. The molecule has 0 unspecified atom stereocenters. The van der Waals surface area contributed by atoms with Crippen molar-refractivity contribution in [3.63, 3.8) is 0 Å². The summed E-state index contributed by atoms with van der Waals surface area (Å²) in [7, 11) is 0. The first-order valence-electron chi connectivity index (χ1n) is 8.44. The van der Waals surface area contributed by atoms with Gasteiger partial charge in [0.15, 0.2) is 5.82 Å². The molecule has 26 heavy (non-hydrogen) atoms. The molecular weight excluding hydrogens is 408 g/mol. The van der Waals surface area contributed by atoms with E-state index in [4.69, 9.17) is 10.1 Å². The van der Waals surface area contributed by atoms with Gasteiger partial charge in [0.1, 0.15) is 5.69 Å². The third-order valence-corrected chi connectivity index (χ3v) is 5.95. The van der Waals surface area contributed by atoms with Gasteiger partial charge in [-0.25, -0.2) is 9.50 Å². The Morgan fingerprint density at radius 3 is 2.62 bits per heavy atom. The van der Waals surface area contributed by atoms with Gasteiger partial charge in [0, 0.05) is 20.8 Å². The van der Waals surface area contributed by atoms with Crippen LogP contribution in [0.15, 0.2) is 52.3 Å². The number of benzene rings is 2. The van der Waals surface area contributed by atoms with Crippen molar-refractivity contribution in [2.24, 2.45) is 0 Å². The summed E-state index contributed by atoms with van der Waals surface area (Å²) in [6.45, 7) is 4.39. The van der Waals surface area contributed by atoms with Gasteiger partial charge >= 0.3 is 0 Å². The van der Waals surface area contributed by atoms with E-state index in [2.05, 4.69) is 70.5 Å². The largest absolute Gasteiger partial charge is 0.226 e. The number of thiazole rings is 1. The highest BCUT2D eigenvalue weighted by atomic mass is 79.9. The summed E-state index contributed by atoms with van der Waals surface area (Å²) < 4.78 is 2.99. The van der Waals surface area contributed by atoms with E-state index in [1.165, 1.54) is 5.56 Å². The first-order valence-corrected chi connectivity index (χ1v) is 10.1. The molecule has 0 amide bonds. The summed E-state index contributed by atoms with van der Waals surface area (Å²) in [5, 5.41) is 8.08. The summed E-state index contributed by atoms with van der Waals surface area (Å²) in [4.78, 5) is 10.3. The minimum Gasteiger partial charge on any atom is -0.226 e. The van der Waals surface area contributed by atoms with Crippen molar-refractivity contribution in [1.82, 2.24) is 19.6 Å². The maximum atomic E-state index is 4.92. The van der Waals surface area contributed by atoms with Gasteiger partial charge in [0.05, 0.1) is 11.2 Å². The van der Waals surface area contributed by atoms with Gasteiger partial charge in [0.25, 0.3) is 0 Å². The number of halogens is 1. The fourth-order valence-corrected chi connectivity index (χ4v) is 4.24. The molecule has 0 spiro atoms. The molecule has 0 aliphatic carbocycles. The molecule has 3 heterocycles. The van der Waals surface area contributed by atoms with Crippen LogP contribution in [0.1, 0.15) is 25.3 Å². The molecule has 0 radical (unpaired) electrons. The van der Waals surface area contributed by atoms with Gasteiger partial charge in [-0.3, -0.25) is 0 Å². The molecule has 0 saturated carbocycles. The zero-order chi connectivity index (χ0) is 17.8. The first-order chi connectivity index (χ1) is 12.6. The lowest BCUT2D eigenvalue weighted by atomic mass is 10.0. The van der Waals surface area contributed by atoms with E-state index >= 15 is 0 Å². The van der Waals surface area contributed by atoms with Crippen molar-refractivity contribution in [2.45, 2.75) is 19.8 Å². The second-order valence-corrected chi connectivity index (χ2v) is 8.40. The standard InChI is InChI=1S/C20H15BrN4S/c1-11(2)13-5-8-16-15(9-13)18-19(22-16)23-20-25(24-18)17(10-26-20)12-3-6-14(21)7-4-12/h3-11H,1-2H3. The van der Waals surface area contributed by atoms with Crippen LogP contribution in [0.25, 0.3) is 38.6 Å². The van der Waals surface area contributed by atoms with Crippen LogP contribution in [-0.2, 0) is 0 Å². The average molecular weight is 423 g/mol. The molecular formula is C20H15BrN4S. The quantitative estimate of drug-likeness (QED) is 0.350. The smallest absolute Gasteiger partial charge is 0.213 e. The van der Waals surface area contributed by atoms with E-state index in [9.17, 15) is 0 Å². The molecule has 1 aromatic heterocycles. The van der Waals surface area contributed by atoms with Crippen LogP contribution in [0.2, 0.25) is 0 Å². The molecule has 2 aliphatic rings. The maximum Gasteiger partial charge on any atom is 0.213 e. The van der Waals surface area contributed by atoms with Gasteiger partial charge in [-0.2, -0.15) is 10.1 Å². The van der Waals surface area contributed by atoms with E-state index in [0.29, 0.717) is 11.7 Å². The molecule has 4 nitrogen and oxygen atoms in total. The van der Waals surface area contributed by atoms with Gasteiger partial charge in [-0.15, -0.1) is 11.3 Å². The Hall–Kier alpha value is -2.31. The van der Waals surface area contributed by atoms with Crippen molar-refractivity contribution in [2.75, 3.05) is 0 Å². The summed E-state index contributed by atoms with van der Waals surface area (Å²) in [5.41, 5.74) is 5.26. The van der Waals surface area contributed by atoms with Gasteiger partial charge in [-0.05, 0) is 35.7 Å². The van der Waals surface area contributed by atoms with Crippen LogP contribution in [0, 0.1) is 0 Å². The number of hydrogen-bond acceptors (Lipinski definition) is 4. The van der Waals surface area contributed by atoms with E-state index in [0.717, 1.165) is 37.3 Å². The molecule has 5 rings (SSSR count).